The molecule has 2 aromatic heterocycles. The van der Waals surface area contributed by atoms with E-state index < -0.39 is 17.5 Å². The van der Waals surface area contributed by atoms with Crippen LogP contribution in [-0.4, -0.2) is 15.5 Å². The number of hydrogen-bond donors (Lipinski definition) is 1. The predicted molar refractivity (Wildman–Crippen MR) is 117 cm³/mol. The van der Waals surface area contributed by atoms with E-state index in [9.17, 15) is 18.0 Å². The minimum absolute atomic E-state index is 0.0575. The lowest BCUT2D eigenvalue weighted by atomic mass is 10.1. The summed E-state index contributed by atoms with van der Waals surface area (Å²) in [5.74, 6) is -2.13. The summed E-state index contributed by atoms with van der Waals surface area (Å²) in [7, 11) is 0. The van der Waals surface area contributed by atoms with Crippen molar-refractivity contribution in [1.82, 2.24) is 9.55 Å². The molecule has 2 aromatic carbocycles. The molecular formula is C25H20F3N3O2. The van der Waals surface area contributed by atoms with Crippen molar-refractivity contribution in [3.63, 3.8) is 0 Å². The molecule has 1 amide bonds. The predicted octanol–water partition coefficient (Wildman–Crippen LogP) is 6.59. The van der Waals surface area contributed by atoms with Gasteiger partial charge in [0.2, 0.25) is 0 Å². The molecule has 0 radical (unpaired) electrons. The van der Waals surface area contributed by atoms with Gasteiger partial charge >= 0.3 is 0 Å². The largest absolute Gasteiger partial charge is 0.449 e. The lowest BCUT2D eigenvalue weighted by molar-refractivity contribution is 0.0997. The second-order valence-electron chi connectivity index (χ2n) is 8.04. The molecule has 1 aliphatic carbocycles. The Morgan fingerprint density at radius 3 is 2.45 bits per heavy atom. The fourth-order valence-corrected chi connectivity index (χ4v) is 4.25. The van der Waals surface area contributed by atoms with Gasteiger partial charge in [-0.05, 0) is 61.4 Å². The summed E-state index contributed by atoms with van der Waals surface area (Å²) >= 11 is 0. The quantitative estimate of drug-likeness (QED) is 0.372. The van der Waals surface area contributed by atoms with Crippen molar-refractivity contribution < 1.29 is 22.4 Å². The van der Waals surface area contributed by atoms with Gasteiger partial charge in [0.15, 0.2) is 11.5 Å². The summed E-state index contributed by atoms with van der Waals surface area (Å²) in [5, 5.41) is 2.34. The lowest BCUT2D eigenvalue weighted by Gasteiger charge is -2.15. The van der Waals surface area contributed by atoms with Gasteiger partial charge in [0.1, 0.15) is 23.1 Å². The zero-order chi connectivity index (χ0) is 22.9. The number of halogens is 3. The Bertz CT molecular complexity index is 1300. The molecule has 8 heteroatoms. The standard InChI is InChI=1S/C25H20F3N3O2/c26-16-7-5-15(6-8-16)23-24(31(14-29-23)18-3-1-2-4-18)21-11-12-22(33-21)25(32)30-20-13-17(27)9-10-19(20)28/h5-14,18H,1-4H2,(H,30,32). The molecular weight excluding hydrogens is 431 g/mol. The monoisotopic (exact) mass is 451 g/mol. The van der Waals surface area contributed by atoms with Gasteiger partial charge < -0.3 is 14.3 Å². The van der Waals surface area contributed by atoms with Crippen molar-refractivity contribution >= 4 is 11.6 Å². The molecule has 1 N–H and O–H groups in total. The summed E-state index contributed by atoms with van der Waals surface area (Å²) in [6.45, 7) is 0. The van der Waals surface area contributed by atoms with E-state index in [2.05, 4.69) is 10.3 Å². The van der Waals surface area contributed by atoms with Crippen LogP contribution in [0.3, 0.4) is 0 Å². The molecule has 33 heavy (non-hydrogen) atoms. The van der Waals surface area contributed by atoms with Gasteiger partial charge in [0.05, 0.1) is 17.7 Å². The Morgan fingerprint density at radius 1 is 0.970 bits per heavy atom. The lowest BCUT2D eigenvalue weighted by Crippen LogP contribution is -2.12. The zero-order valence-electron chi connectivity index (χ0n) is 17.5. The van der Waals surface area contributed by atoms with Crippen LogP contribution in [0, 0.1) is 17.5 Å². The first-order valence-electron chi connectivity index (χ1n) is 10.7. The Labute approximate surface area is 187 Å². The minimum Gasteiger partial charge on any atom is -0.449 e. The molecule has 5 nitrogen and oxygen atoms in total. The summed E-state index contributed by atoms with van der Waals surface area (Å²) in [4.78, 5) is 17.2. The Hall–Kier alpha value is -3.81. The topological polar surface area (TPSA) is 60.1 Å². The van der Waals surface area contributed by atoms with Gasteiger partial charge in [0, 0.05) is 17.7 Å². The van der Waals surface area contributed by atoms with Crippen molar-refractivity contribution in [1.29, 1.82) is 0 Å². The first kappa shape index (κ1) is 21.1. The number of hydrogen-bond acceptors (Lipinski definition) is 3. The van der Waals surface area contributed by atoms with Crippen LogP contribution >= 0.6 is 0 Å². The van der Waals surface area contributed by atoms with Gasteiger partial charge in [-0.15, -0.1) is 0 Å². The summed E-state index contributed by atoms with van der Waals surface area (Å²) < 4.78 is 48.7. The second kappa shape index (κ2) is 8.61. The second-order valence-corrected chi connectivity index (χ2v) is 8.04. The molecule has 2 heterocycles. The first-order chi connectivity index (χ1) is 16.0. The van der Waals surface area contributed by atoms with Crippen molar-refractivity contribution in [2.24, 2.45) is 0 Å². The highest BCUT2D eigenvalue weighted by Gasteiger charge is 2.26. The van der Waals surface area contributed by atoms with Crippen LogP contribution in [-0.2, 0) is 0 Å². The van der Waals surface area contributed by atoms with Crippen LogP contribution in [0.5, 0.6) is 0 Å². The molecule has 0 saturated heterocycles. The number of amides is 1. The smallest absolute Gasteiger partial charge is 0.291 e. The number of anilines is 1. The van der Waals surface area contributed by atoms with E-state index in [1.54, 1.807) is 24.5 Å². The van der Waals surface area contributed by atoms with Crippen molar-refractivity contribution in [3.05, 3.63) is 84.1 Å². The third-order valence-corrected chi connectivity index (χ3v) is 5.87. The average molecular weight is 451 g/mol. The third-order valence-electron chi connectivity index (χ3n) is 5.87. The van der Waals surface area contributed by atoms with Gasteiger partial charge in [-0.25, -0.2) is 18.2 Å². The van der Waals surface area contributed by atoms with E-state index in [0.29, 0.717) is 22.7 Å². The fourth-order valence-electron chi connectivity index (χ4n) is 4.25. The number of nitrogens with one attached hydrogen (secondary N) is 1. The maximum atomic E-state index is 13.9. The van der Waals surface area contributed by atoms with E-state index in [1.807, 2.05) is 4.57 Å². The third kappa shape index (κ3) is 4.16. The van der Waals surface area contributed by atoms with Crippen LogP contribution in [0.1, 0.15) is 42.3 Å². The Kier molecular flexibility index (Phi) is 5.50. The molecule has 4 aromatic rings. The van der Waals surface area contributed by atoms with Crippen LogP contribution in [0.2, 0.25) is 0 Å². The van der Waals surface area contributed by atoms with E-state index in [-0.39, 0.29) is 23.3 Å². The van der Waals surface area contributed by atoms with Crippen LogP contribution in [0.15, 0.2) is 65.3 Å². The van der Waals surface area contributed by atoms with Crippen LogP contribution < -0.4 is 5.32 Å². The zero-order valence-corrected chi connectivity index (χ0v) is 17.5. The number of carbonyl (C=O) groups is 1. The molecule has 5 rings (SSSR count). The van der Waals surface area contributed by atoms with Crippen molar-refractivity contribution in [2.45, 2.75) is 31.7 Å². The van der Waals surface area contributed by atoms with E-state index in [4.69, 9.17) is 4.42 Å². The molecule has 0 atom stereocenters. The van der Waals surface area contributed by atoms with Crippen LogP contribution in [0.4, 0.5) is 18.9 Å². The average Bonchev–Trinajstić information content (AvgIpc) is 3.56. The number of furan rings is 1. The molecule has 0 unspecified atom stereocenters. The summed E-state index contributed by atoms with van der Waals surface area (Å²) in [5.41, 5.74) is 1.73. The molecule has 0 aliphatic heterocycles. The van der Waals surface area contributed by atoms with E-state index in [1.165, 1.54) is 18.2 Å². The maximum Gasteiger partial charge on any atom is 0.291 e. The van der Waals surface area contributed by atoms with Gasteiger partial charge in [-0.3, -0.25) is 4.79 Å². The highest BCUT2D eigenvalue weighted by Crippen LogP contribution is 2.39. The Balaban J connectivity index is 1.51. The fraction of sp³-hybridized carbons (Fsp3) is 0.200. The number of benzene rings is 2. The number of carbonyl (C=O) groups excluding carboxylic acids is 1. The van der Waals surface area contributed by atoms with E-state index >= 15 is 0 Å². The van der Waals surface area contributed by atoms with Crippen LogP contribution in [0.25, 0.3) is 22.7 Å². The van der Waals surface area contributed by atoms with Gasteiger partial charge in [-0.1, -0.05) is 12.8 Å². The van der Waals surface area contributed by atoms with E-state index in [0.717, 1.165) is 43.9 Å². The molecule has 1 aliphatic rings. The first-order valence-corrected chi connectivity index (χ1v) is 10.7. The maximum absolute atomic E-state index is 13.9. The molecule has 1 saturated carbocycles. The number of nitrogens with zero attached hydrogens (tertiary/aromatic N) is 2. The molecule has 0 spiro atoms. The number of imidazole rings is 1. The number of rotatable bonds is 5. The van der Waals surface area contributed by atoms with Crippen molar-refractivity contribution in [3.8, 4) is 22.7 Å². The minimum atomic E-state index is -0.755. The number of aromatic nitrogens is 2. The van der Waals surface area contributed by atoms with Gasteiger partial charge in [-0.2, -0.15) is 0 Å². The molecule has 1 fully saturated rings. The SMILES string of the molecule is O=C(Nc1cc(F)ccc1F)c1ccc(-c2c(-c3ccc(F)cc3)ncn2C2CCCC2)o1. The highest BCUT2D eigenvalue weighted by atomic mass is 19.1. The Morgan fingerprint density at radius 2 is 1.70 bits per heavy atom. The highest BCUT2D eigenvalue weighted by molar-refractivity contribution is 6.02. The van der Waals surface area contributed by atoms with Gasteiger partial charge in [0.25, 0.3) is 5.91 Å². The van der Waals surface area contributed by atoms with Crippen molar-refractivity contribution in [2.75, 3.05) is 5.32 Å². The molecule has 168 valence electrons. The molecule has 0 bridgehead atoms. The summed E-state index contributed by atoms with van der Waals surface area (Å²) in [6.07, 6.45) is 5.96. The normalized spacial score (nSPS) is 14.0. The summed E-state index contributed by atoms with van der Waals surface area (Å²) in [6, 6.07) is 12.2.